The molecule has 1 aliphatic carbocycles. The molecule has 0 saturated heterocycles. The number of nitrogens with two attached hydrogens (primary N) is 1. The molecule has 8 nitrogen and oxygen atoms in total. The lowest BCUT2D eigenvalue weighted by atomic mass is 9.82. The molecule has 2 unspecified atom stereocenters. The van der Waals surface area contributed by atoms with E-state index in [1.54, 1.807) is 54.7 Å². The number of nitrogens with one attached hydrogen (secondary N) is 1. The van der Waals surface area contributed by atoms with Crippen LogP contribution in [0.25, 0.3) is 11.0 Å². The summed E-state index contributed by atoms with van der Waals surface area (Å²) in [6.07, 6.45) is 3.10. The van der Waals surface area contributed by atoms with E-state index in [4.69, 9.17) is 10.5 Å². The van der Waals surface area contributed by atoms with Gasteiger partial charge in [0, 0.05) is 34.8 Å². The molecule has 8 heteroatoms. The summed E-state index contributed by atoms with van der Waals surface area (Å²) in [7, 11) is 0. The summed E-state index contributed by atoms with van der Waals surface area (Å²) in [6.45, 7) is 4.07. The smallest absolute Gasteiger partial charge is 0.271 e. The Kier molecular flexibility index (Phi) is 4.31. The summed E-state index contributed by atoms with van der Waals surface area (Å²) in [6, 6.07) is 15.1. The lowest BCUT2D eigenvalue weighted by Crippen LogP contribution is -2.60. The molecule has 2 heterocycles. The van der Waals surface area contributed by atoms with Crippen molar-refractivity contribution in [2.24, 2.45) is 0 Å². The van der Waals surface area contributed by atoms with Gasteiger partial charge in [0.05, 0.1) is 16.6 Å². The first kappa shape index (κ1) is 21.2. The van der Waals surface area contributed by atoms with Gasteiger partial charge >= 0.3 is 0 Å². The van der Waals surface area contributed by atoms with Crippen LogP contribution in [-0.4, -0.2) is 26.8 Å². The molecule has 2 atom stereocenters. The molecule has 0 bridgehead atoms. The maximum atomic E-state index is 14.0. The van der Waals surface area contributed by atoms with E-state index in [0.717, 1.165) is 5.56 Å². The summed E-state index contributed by atoms with van der Waals surface area (Å²) in [4.78, 5) is 36.1. The van der Waals surface area contributed by atoms with Crippen molar-refractivity contribution < 1.29 is 19.4 Å². The highest BCUT2D eigenvalue weighted by Crippen LogP contribution is 2.59. The molecular weight excluding hydrogens is 444 g/mol. The second-order valence-electron chi connectivity index (χ2n) is 9.22. The number of carbonyl (C=O) groups excluding carboxylic acids is 2. The van der Waals surface area contributed by atoms with Crippen molar-refractivity contribution >= 4 is 28.4 Å². The standard InChI is InChI=1S/C27H22N4O4/c1-14(2)15-6-8-17-22(13-15)35-27(34)18-4-3-5-19(28)23(18)24(32)26(17,27)31-25(33)16-7-9-20-21(12-16)30-11-10-29-20/h3-14,34H,28H2,1-2H3,(H,31,33). The molecule has 6 rings (SSSR count). The molecule has 174 valence electrons. The lowest BCUT2D eigenvalue weighted by molar-refractivity contribution is -0.169. The topological polar surface area (TPSA) is 127 Å². The Labute approximate surface area is 200 Å². The predicted octanol–water partition coefficient (Wildman–Crippen LogP) is 3.39. The second kappa shape index (κ2) is 7.10. The largest absolute Gasteiger partial charge is 0.454 e. The molecule has 3 aromatic carbocycles. The van der Waals surface area contributed by atoms with E-state index < -0.39 is 23.0 Å². The zero-order chi connectivity index (χ0) is 24.5. The van der Waals surface area contributed by atoms with Crippen LogP contribution in [0.2, 0.25) is 0 Å². The van der Waals surface area contributed by atoms with E-state index in [-0.39, 0.29) is 28.3 Å². The molecule has 1 aliphatic heterocycles. The van der Waals surface area contributed by atoms with Crippen molar-refractivity contribution in [3.63, 3.8) is 0 Å². The number of carbonyl (C=O) groups is 2. The number of hydrogen-bond acceptors (Lipinski definition) is 7. The fourth-order valence-corrected chi connectivity index (χ4v) is 5.09. The van der Waals surface area contributed by atoms with Crippen LogP contribution in [0.3, 0.4) is 0 Å². The summed E-state index contributed by atoms with van der Waals surface area (Å²) in [5.41, 5.74) is 7.57. The minimum Gasteiger partial charge on any atom is -0.454 e. The number of benzene rings is 3. The monoisotopic (exact) mass is 466 g/mol. The molecule has 1 aromatic heterocycles. The number of anilines is 1. The van der Waals surface area contributed by atoms with Crippen LogP contribution in [-0.2, 0) is 11.3 Å². The highest BCUT2D eigenvalue weighted by Gasteiger charge is 2.72. The third-order valence-corrected chi connectivity index (χ3v) is 6.90. The quantitative estimate of drug-likeness (QED) is 0.395. The van der Waals surface area contributed by atoms with Gasteiger partial charge < -0.3 is 20.9 Å². The second-order valence-corrected chi connectivity index (χ2v) is 9.22. The number of fused-ring (bicyclic) bond motifs is 6. The predicted molar refractivity (Wildman–Crippen MR) is 129 cm³/mol. The normalized spacial score (nSPS) is 22.0. The van der Waals surface area contributed by atoms with E-state index >= 15 is 0 Å². The van der Waals surface area contributed by atoms with Gasteiger partial charge in [0.15, 0.2) is 0 Å². The van der Waals surface area contributed by atoms with Gasteiger partial charge in [0.1, 0.15) is 5.75 Å². The number of Topliss-reactive ketones (excluding diaryl/α,β-unsaturated/α-hetero) is 1. The van der Waals surface area contributed by atoms with Gasteiger partial charge in [0.25, 0.3) is 11.7 Å². The first-order valence-electron chi connectivity index (χ1n) is 11.3. The zero-order valence-electron chi connectivity index (χ0n) is 19.1. The van der Waals surface area contributed by atoms with Crippen molar-refractivity contribution in [1.82, 2.24) is 15.3 Å². The lowest BCUT2D eigenvalue weighted by Gasteiger charge is -2.34. The number of amides is 1. The van der Waals surface area contributed by atoms with Crippen LogP contribution in [0.1, 0.15) is 57.2 Å². The zero-order valence-corrected chi connectivity index (χ0v) is 19.1. The van der Waals surface area contributed by atoms with E-state index in [1.807, 2.05) is 19.9 Å². The van der Waals surface area contributed by atoms with E-state index in [1.165, 1.54) is 6.20 Å². The highest BCUT2D eigenvalue weighted by molar-refractivity contribution is 6.16. The van der Waals surface area contributed by atoms with E-state index in [0.29, 0.717) is 22.3 Å². The molecule has 4 aromatic rings. The van der Waals surface area contributed by atoms with Crippen LogP contribution >= 0.6 is 0 Å². The number of aromatic nitrogens is 2. The van der Waals surface area contributed by atoms with Gasteiger partial charge in [0.2, 0.25) is 11.3 Å². The molecule has 1 amide bonds. The Balaban J connectivity index is 1.54. The summed E-state index contributed by atoms with van der Waals surface area (Å²) < 4.78 is 6.11. The molecule has 4 N–H and O–H groups in total. The van der Waals surface area contributed by atoms with Gasteiger partial charge in [-0.05, 0) is 41.8 Å². The van der Waals surface area contributed by atoms with Gasteiger partial charge in [-0.1, -0.05) is 38.1 Å². The fourth-order valence-electron chi connectivity index (χ4n) is 5.09. The van der Waals surface area contributed by atoms with Crippen molar-refractivity contribution in [3.05, 3.63) is 94.8 Å². The Bertz CT molecular complexity index is 1570. The molecular formula is C27H22N4O4. The Morgan fingerprint density at radius 2 is 1.80 bits per heavy atom. The Morgan fingerprint density at radius 1 is 1.03 bits per heavy atom. The average Bonchev–Trinajstić information content (AvgIpc) is 3.21. The van der Waals surface area contributed by atoms with Crippen molar-refractivity contribution in [2.75, 3.05) is 5.73 Å². The van der Waals surface area contributed by atoms with Gasteiger partial charge in [-0.3, -0.25) is 19.6 Å². The number of nitrogens with zero attached hydrogens (tertiary/aromatic N) is 2. The van der Waals surface area contributed by atoms with Crippen LogP contribution < -0.4 is 15.8 Å². The fraction of sp³-hybridized carbons (Fsp3) is 0.185. The van der Waals surface area contributed by atoms with Gasteiger partial charge in [-0.2, -0.15) is 0 Å². The number of aliphatic hydroxyl groups is 1. The summed E-state index contributed by atoms with van der Waals surface area (Å²) >= 11 is 0. The summed E-state index contributed by atoms with van der Waals surface area (Å²) in [5, 5.41) is 14.8. The SMILES string of the molecule is CC(C)c1ccc2c(c1)OC1(O)c3cccc(N)c3C(=O)C21NC(=O)c1ccc2nccnc2c1. The van der Waals surface area contributed by atoms with Crippen LogP contribution in [0.4, 0.5) is 5.69 Å². The van der Waals surface area contributed by atoms with Crippen LogP contribution in [0.5, 0.6) is 5.75 Å². The molecule has 0 spiro atoms. The third kappa shape index (κ3) is 2.71. The average molecular weight is 466 g/mol. The minimum atomic E-state index is -2.17. The number of ether oxygens (including phenoxy) is 1. The minimum absolute atomic E-state index is 0.137. The van der Waals surface area contributed by atoms with Crippen molar-refractivity contribution in [2.45, 2.75) is 31.1 Å². The van der Waals surface area contributed by atoms with Crippen molar-refractivity contribution in [3.8, 4) is 5.75 Å². The van der Waals surface area contributed by atoms with E-state index in [9.17, 15) is 14.7 Å². The van der Waals surface area contributed by atoms with Crippen LogP contribution in [0, 0.1) is 0 Å². The Morgan fingerprint density at radius 3 is 2.57 bits per heavy atom. The first-order chi connectivity index (χ1) is 16.8. The summed E-state index contributed by atoms with van der Waals surface area (Å²) in [5.74, 6) is -2.73. The molecule has 2 aliphatic rings. The highest BCUT2D eigenvalue weighted by atomic mass is 16.6. The third-order valence-electron chi connectivity index (χ3n) is 6.90. The maximum Gasteiger partial charge on any atom is 0.271 e. The van der Waals surface area contributed by atoms with Gasteiger partial charge in [-0.25, -0.2) is 0 Å². The van der Waals surface area contributed by atoms with E-state index in [2.05, 4.69) is 15.3 Å². The number of ketones is 1. The van der Waals surface area contributed by atoms with Gasteiger partial charge in [-0.15, -0.1) is 0 Å². The van der Waals surface area contributed by atoms with Crippen molar-refractivity contribution in [1.29, 1.82) is 0 Å². The maximum absolute atomic E-state index is 14.0. The molecule has 0 fully saturated rings. The number of hydrogen-bond donors (Lipinski definition) is 3. The first-order valence-corrected chi connectivity index (χ1v) is 11.3. The molecule has 35 heavy (non-hydrogen) atoms. The number of rotatable bonds is 3. The number of nitrogen functional groups attached to an aromatic ring is 1. The molecule has 0 saturated carbocycles. The molecule has 0 radical (unpaired) electrons. The Hall–Kier alpha value is -4.30. The van der Waals surface area contributed by atoms with Crippen LogP contribution in [0.15, 0.2) is 67.0 Å².